The highest BCUT2D eigenvalue weighted by Crippen LogP contribution is 2.13. The number of hydrogen-bond donors (Lipinski definition) is 2. The number of aliphatic hydroxyl groups is 1. The molecule has 1 aromatic rings. The minimum atomic E-state index is -3.19. The van der Waals surface area contributed by atoms with Crippen LogP contribution in [-0.2, 0) is 0 Å². The lowest BCUT2D eigenvalue weighted by molar-refractivity contribution is -0.0373. The van der Waals surface area contributed by atoms with E-state index in [0.29, 0.717) is 5.56 Å². The summed E-state index contributed by atoms with van der Waals surface area (Å²) >= 11 is 0. The summed E-state index contributed by atoms with van der Waals surface area (Å²) < 4.78 is 25.2. The minimum absolute atomic E-state index is 0.183. The predicted molar refractivity (Wildman–Crippen MR) is 49.5 cm³/mol. The number of nitriles is 1. The summed E-state index contributed by atoms with van der Waals surface area (Å²) in [5.74, 6) is -3.01. The summed E-state index contributed by atoms with van der Waals surface area (Å²) in [6, 6.07) is 4.68. The maximum absolute atomic E-state index is 12.6. The predicted octanol–water partition coefficient (Wildman–Crippen LogP) is 0.993. The molecule has 4 nitrogen and oxygen atoms in total. The first kappa shape index (κ1) is 11.3. The van der Waals surface area contributed by atoms with Crippen LogP contribution in [0.4, 0.5) is 14.6 Å². The molecule has 0 atom stereocenters. The highest BCUT2D eigenvalue weighted by molar-refractivity contribution is 5.42. The second-order valence-electron chi connectivity index (χ2n) is 2.91. The molecule has 80 valence electrons. The van der Waals surface area contributed by atoms with E-state index in [1.807, 2.05) is 6.07 Å². The number of nitrogens with one attached hydrogen (secondary N) is 1. The van der Waals surface area contributed by atoms with E-state index in [0.717, 1.165) is 0 Å². The fourth-order valence-corrected chi connectivity index (χ4v) is 0.873. The van der Waals surface area contributed by atoms with Crippen molar-refractivity contribution < 1.29 is 13.9 Å². The molecule has 0 aliphatic rings. The molecule has 15 heavy (non-hydrogen) atoms. The summed E-state index contributed by atoms with van der Waals surface area (Å²) in [4.78, 5) is 3.75. The molecule has 0 radical (unpaired) electrons. The first-order chi connectivity index (χ1) is 7.07. The molecular formula is C9H9F2N3O. The van der Waals surface area contributed by atoms with Gasteiger partial charge in [0.25, 0.3) is 5.92 Å². The molecular weight excluding hydrogens is 204 g/mol. The Bertz CT molecular complexity index is 376. The lowest BCUT2D eigenvalue weighted by Crippen LogP contribution is -2.31. The van der Waals surface area contributed by atoms with Crippen molar-refractivity contribution in [2.45, 2.75) is 5.92 Å². The minimum Gasteiger partial charge on any atom is -0.390 e. The zero-order valence-electron chi connectivity index (χ0n) is 7.74. The van der Waals surface area contributed by atoms with E-state index >= 15 is 0 Å². The van der Waals surface area contributed by atoms with Crippen molar-refractivity contribution >= 4 is 5.82 Å². The lowest BCUT2D eigenvalue weighted by atomic mass is 10.3. The van der Waals surface area contributed by atoms with Gasteiger partial charge in [0.05, 0.1) is 18.2 Å². The number of hydrogen-bond acceptors (Lipinski definition) is 4. The smallest absolute Gasteiger partial charge is 0.287 e. The van der Waals surface area contributed by atoms with Gasteiger partial charge in [-0.3, -0.25) is 0 Å². The fraction of sp³-hybridized carbons (Fsp3) is 0.333. The van der Waals surface area contributed by atoms with Crippen molar-refractivity contribution in [1.82, 2.24) is 4.98 Å². The highest BCUT2D eigenvalue weighted by Gasteiger charge is 2.27. The third-order valence-electron chi connectivity index (χ3n) is 1.65. The molecule has 0 unspecified atom stereocenters. The zero-order chi connectivity index (χ0) is 11.3. The molecule has 1 rings (SSSR count). The Hall–Kier alpha value is -1.74. The second kappa shape index (κ2) is 4.66. The molecule has 0 aliphatic carbocycles. The van der Waals surface area contributed by atoms with Crippen LogP contribution >= 0.6 is 0 Å². The fourth-order valence-electron chi connectivity index (χ4n) is 0.873. The maximum Gasteiger partial charge on any atom is 0.287 e. The van der Waals surface area contributed by atoms with Crippen molar-refractivity contribution in [3.05, 3.63) is 23.9 Å². The van der Waals surface area contributed by atoms with Crippen LogP contribution in [0.5, 0.6) is 0 Å². The standard InChI is InChI=1S/C9H9F2N3O/c10-9(11,6-15)5-14-8-3-7(4-12)1-2-13-8/h1-3,15H,5-6H2,(H,13,14). The molecule has 0 aliphatic heterocycles. The van der Waals surface area contributed by atoms with E-state index < -0.39 is 19.1 Å². The third kappa shape index (κ3) is 3.48. The van der Waals surface area contributed by atoms with Gasteiger partial charge in [-0.25, -0.2) is 13.8 Å². The van der Waals surface area contributed by atoms with Crippen LogP contribution in [0.15, 0.2) is 18.3 Å². The van der Waals surface area contributed by atoms with Crippen LogP contribution in [0.3, 0.4) is 0 Å². The van der Waals surface area contributed by atoms with Crippen molar-refractivity contribution in [3.63, 3.8) is 0 Å². The van der Waals surface area contributed by atoms with Gasteiger partial charge in [0.15, 0.2) is 0 Å². The van der Waals surface area contributed by atoms with E-state index in [-0.39, 0.29) is 5.82 Å². The maximum atomic E-state index is 12.6. The summed E-state index contributed by atoms with van der Waals surface area (Å²) in [6.07, 6.45) is 1.35. The second-order valence-corrected chi connectivity index (χ2v) is 2.91. The van der Waals surface area contributed by atoms with Gasteiger partial charge in [-0.05, 0) is 12.1 Å². The molecule has 1 aromatic heterocycles. The number of aromatic nitrogens is 1. The molecule has 0 spiro atoms. The largest absolute Gasteiger partial charge is 0.390 e. The zero-order valence-corrected chi connectivity index (χ0v) is 7.74. The van der Waals surface area contributed by atoms with Crippen molar-refractivity contribution in [3.8, 4) is 6.07 Å². The normalized spacial score (nSPS) is 10.8. The number of pyridine rings is 1. The molecule has 1 heterocycles. The molecule has 0 fully saturated rings. The number of nitrogens with zero attached hydrogens (tertiary/aromatic N) is 2. The molecule has 6 heteroatoms. The van der Waals surface area contributed by atoms with Gasteiger partial charge in [-0.1, -0.05) is 0 Å². The topological polar surface area (TPSA) is 68.9 Å². The average molecular weight is 213 g/mol. The molecule has 0 amide bonds. The monoisotopic (exact) mass is 213 g/mol. The lowest BCUT2D eigenvalue weighted by Gasteiger charge is -2.14. The first-order valence-corrected chi connectivity index (χ1v) is 4.16. The molecule has 0 bridgehead atoms. The van der Waals surface area contributed by atoms with Gasteiger partial charge in [0.2, 0.25) is 0 Å². The number of aliphatic hydroxyl groups excluding tert-OH is 1. The summed E-state index contributed by atoms with van der Waals surface area (Å²) in [6.45, 7) is -1.94. The van der Waals surface area contributed by atoms with E-state index in [9.17, 15) is 8.78 Å². The van der Waals surface area contributed by atoms with Crippen molar-refractivity contribution in [2.24, 2.45) is 0 Å². The van der Waals surface area contributed by atoms with E-state index in [1.165, 1.54) is 18.3 Å². The average Bonchev–Trinajstić information content (AvgIpc) is 2.27. The van der Waals surface area contributed by atoms with Crippen LogP contribution in [0.1, 0.15) is 5.56 Å². The summed E-state index contributed by atoms with van der Waals surface area (Å²) in [5, 5.41) is 19.2. The van der Waals surface area contributed by atoms with Gasteiger partial charge in [0.1, 0.15) is 12.4 Å². The van der Waals surface area contributed by atoms with Crippen LogP contribution in [0, 0.1) is 11.3 Å². The van der Waals surface area contributed by atoms with Gasteiger partial charge < -0.3 is 10.4 Å². The van der Waals surface area contributed by atoms with Gasteiger partial charge in [-0.15, -0.1) is 0 Å². The van der Waals surface area contributed by atoms with Crippen LogP contribution in [-0.4, -0.2) is 29.2 Å². The Morgan fingerprint density at radius 2 is 2.33 bits per heavy atom. The van der Waals surface area contributed by atoms with Crippen molar-refractivity contribution in [2.75, 3.05) is 18.5 Å². The Morgan fingerprint density at radius 1 is 1.60 bits per heavy atom. The van der Waals surface area contributed by atoms with E-state index in [1.54, 1.807) is 0 Å². The van der Waals surface area contributed by atoms with Gasteiger partial charge >= 0.3 is 0 Å². The Labute approximate surface area is 85.2 Å². The SMILES string of the molecule is N#Cc1ccnc(NCC(F)(F)CO)c1. The van der Waals surface area contributed by atoms with E-state index in [2.05, 4.69) is 10.3 Å². The highest BCUT2D eigenvalue weighted by atomic mass is 19.3. The van der Waals surface area contributed by atoms with Crippen LogP contribution in [0.2, 0.25) is 0 Å². The number of halogens is 2. The third-order valence-corrected chi connectivity index (χ3v) is 1.65. The Kier molecular flexibility index (Phi) is 3.52. The number of anilines is 1. The quantitative estimate of drug-likeness (QED) is 0.782. The van der Waals surface area contributed by atoms with E-state index in [4.69, 9.17) is 10.4 Å². The van der Waals surface area contributed by atoms with Crippen LogP contribution < -0.4 is 5.32 Å². The molecule has 2 N–H and O–H groups in total. The molecule has 0 aromatic carbocycles. The summed E-state index contributed by atoms with van der Waals surface area (Å²) in [7, 11) is 0. The number of rotatable bonds is 4. The molecule has 0 saturated carbocycles. The Morgan fingerprint density at radius 3 is 2.93 bits per heavy atom. The number of alkyl halides is 2. The first-order valence-electron chi connectivity index (χ1n) is 4.16. The summed E-state index contributed by atoms with van der Waals surface area (Å²) in [5.41, 5.74) is 0.333. The Balaban J connectivity index is 2.62. The van der Waals surface area contributed by atoms with Crippen LogP contribution in [0.25, 0.3) is 0 Å². The van der Waals surface area contributed by atoms with Gasteiger partial charge in [0, 0.05) is 6.20 Å². The van der Waals surface area contributed by atoms with Gasteiger partial charge in [-0.2, -0.15) is 5.26 Å². The molecule has 0 saturated heterocycles. The van der Waals surface area contributed by atoms with Crippen molar-refractivity contribution in [1.29, 1.82) is 5.26 Å².